The summed E-state index contributed by atoms with van der Waals surface area (Å²) in [5.74, 6) is 0. The summed E-state index contributed by atoms with van der Waals surface area (Å²) in [6.45, 7) is 4.21. The minimum Gasteiger partial charge on any atom is -1.00 e. The van der Waals surface area contributed by atoms with Crippen LogP contribution in [-0.4, -0.2) is 0 Å². The maximum absolute atomic E-state index is 2.20. The van der Waals surface area contributed by atoms with Crippen LogP contribution in [0.1, 0.15) is 11.1 Å². The summed E-state index contributed by atoms with van der Waals surface area (Å²) in [5, 5.41) is 2.69. The molecule has 3 aromatic carbocycles. The zero-order chi connectivity index (χ0) is 11.4. The van der Waals surface area contributed by atoms with E-state index in [0.29, 0.717) is 0 Å². The SMILES string of the molecule is C[c-]1cccc1.Cc1cc2ccccc2[cH-]1.[Cl-].[Cl-].[Zr+4]. The molecule has 0 bridgehead atoms. The first kappa shape index (κ1) is 21.0. The molecular weight excluding hydrogens is 354 g/mol. The molecule has 0 atom stereocenters. The normalized spacial score (nSPS) is 8.32. The second kappa shape index (κ2) is 10.4. The van der Waals surface area contributed by atoms with Crippen LogP contribution >= 0.6 is 0 Å². The Hall–Kier alpha value is -0.357. The van der Waals surface area contributed by atoms with Gasteiger partial charge >= 0.3 is 26.2 Å². The predicted octanol–water partition coefficient (Wildman–Crippen LogP) is -1.41. The van der Waals surface area contributed by atoms with E-state index in [1.54, 1.807) is 0 Å². The van der Waals surface area contributed by atoms with Crippen molar-refractivity contribution in [1.82, 2.24) is 0 Å². The molecular formula is C16H16Cl2Zr. The molecule has 0 radical (unpaired) electrons. The molecule has 0 amide bonds. The van der Waals surface area contributed by atoms with E-state index in [1.807, 2.05) is 12.1 Å². The van der Waals surface area contributed by atoms with Crippen molar-refractivity contribution in [2.45, 2.75) is 13.8 Å². The first-order valence-corrected chi connectivity index (χ1v) is 5.56. The largest absolute Gasteiger partial charge is 4.00 e. The molecule has 0 aliphatic heterocycles. The Morgan fingerprint density at radius 2 is 1.53 bits per heavy atom. The van der Waals surface area contributed by atoms with Crippen molar-refractivity contribution in [3.8, 4) is 0 Å². The molecule has 0 N–H and O–H groups in total. The fourth-order valence-corrected chi connectivity index (χ4v) is 1.78. The molecule has 3 aromatic rings. The van der Waals surface area contributed by atoms with Gasteiger partial charge in [-0.05, 0) is 0 Å². The van der Waals surface area contributed by atoms with Gasteiger partial charge in [0.1, 0.15) is 0 Å². The number of halogens is 2. The van der Waals surface area contributed by atoms with Crippen LogP contribution in [0.15, 0.2) is 60.7 Å². The molecule has 98 valence electrons. The molecule has 0 aromatic heterocycles. The van der Waals surface area contributed by atoms with Gasteiger partial charge < -0.3 is 24.8 Å². The zero-order valence-corrected chi connectivity index (χ0v) is 15.0. The molecule has 0 unspecified atom stereocenters. The van der Waals surface area contributed by atoms with Crippen LogP contribution in [0, 0.1) is 13.8 Å². The second-order valence-electron chi connectivity index (χ2n) is 4.12. The Kier molecular flexibility index (Phi) is 11.5. The molecule has 0 saturated carbocycles. The summed E-state index contributed by atoms with van der Waals surface area (Å²) < 4.78 is 0. The van der Waals surface area contributed by atoms with Gasteiger partial charge in [0, 0.05) is 0 Å². The van der Waals surface area contributed by atoms with Crippen molar-refractivity contribution in [2.24, 2.45) is 0 Å². The monoisotopic (exact) mass is 368 g/mol. The third kappa shape index (κ3) is 6.57. The van der Waals surface area contributed by atoms with Crippen LogP contribution in [0.25, 0.3) is 10.8 Å². The van der Waals surface area contributed by atoms with E-state index in [4.69, 9.17) is 0 Å². The average Bonchev–Trinajstić information content (AvgIpc) is 2.86. The van der Waals surface area contributed by atoms with Gasteiger partial charge in [-0.2, -0.15) is 23.8 Å². The Morgan fingerprint density at radius 1 is 0.947 bits per heavy atom. The Balaban J connectivity index is 0. The molecule has 0 aliphatic carbocycles. The number of hydrogen-bond donors (Lipinski definition) is 0. The fourth-order valence-electron chi connectivity index (χ4n) is 1.78. The molecule has 3 heteroatoms. The van der Waals surface area contributed by atoms with E-state index in [-0.39, 0.29) is 51.0 Å². The van der Waals surface area contributed by atoms with E-state index in [9.17, 15) is 0 Å². The van der Waals surface area contributed by atoms with Gasteiger partial charge in [-0.25, -0.2) is 12.1 Å². The number of rotatable bonds is 0. The molecule has 0 saturated heterocycles. The smallest absolute Gasteiger partial charge is 1.00 e. The van der Waals surface area contributed by atoms with Crippen molar-refractivity contribution >= 4 is 10.8 Å². The molecule has 0 spiro atoms. The minimum atomic E-state index is 0. The van der Waals surface area contributed by atoms with E-state index < -0.39 is 0 Å². The maximum atomic E-state index is 2.20. The van der Waals surface area contributed by atoms with Crippen molar-refractivity contribution in [2.75, 3.05) is 0 Å². The van der Waals surface area contributed by atoms with Crippen LogP contribution in [0.2, 0.25) is 0 Å². The second-order valence-corrected chi connectivity index (χ2v) is 4.12. The van der Waals surface area contributed by atoms with Gasteiger partial charge in [-0.15, -0.1) is 40.6 Å². The average molecular weight is 370 g/mol. The molecule has 0 heterocycles. The summed E-state index contributed by atoms with van der Waals surface area (Å²) in [5.41, 5.74) is 2.69. The van der Waals surface area contributed by atoms with Crippen molar-refractivity contribution in [3.63, 3.8) is 0 Å². The third-order valence-corrected chi connectivity index (χ3v) is 2.59. The van der Waals surface area contributed by atoms with Crippen molar-refractivity contribution in [3.05, 3.63) is 71.8 Å². The number of hydrogen-bond acceptors (Lipinski definition) is 0. The van der Waals surface area contributed by atoms with Gasteiger partial charge in [-0.1, -0.05) is 19.9 Å². The van der Waals surface area contributed by atoms with Crippen molar-refractivity contribution in [1.29, 1.82) is 0 Å². The number of aryl methyl sites for hydroxylation is 2. The molecule has 3 rings (SSSR count). The van der Waals surface area contributed by atoms with Gasteiger partial charge in [0.2, 0.25) is 0 Å². The van der Waals surface area contributed by atoms with Crippen LogP contribution in [0.3, 0.4) is 0 Å². The first-order chi connectivity index (χ1) is 7.75. The quantitative estimate of drug-likeness (QED) is 0.427. The van der Waals surface area contributed by atoms with Gasteiger partial charge in [0.05, 0.1) is 0 Å². The standard InChI is InChI=1S/C10H9.C6H7.2ClH.Zr/c1-8-6-9-4-2-3-5-10(9)7-8;1-6-4-2-3-5-6;;;/h2-7H,1H3;2-5H,1H3;2*1H;/q2*-1;;;+4/p-2. The van der Waals surface area contributed by atoms with Gasteiger partial charge in [0.15, 0.2) is 0 Å². The Bertz CT molecular complexity index is 520. The van der Waals surface area contributed by atoms with Crippen LogP contribution in [0.5, 0.6) is 0 Å². The summed E-state index contributed by atoms with van der Waals surface area (Å²) in [4.78, 5) is 0. The Morgan fingerprint density at radius 3 is 2.00 bits per heavy atom. The molecule has 0 nitrogen and oxygen atoms in total. The van der Waals surface area contributed by atoms with Crippen LogP contribution in [-0.2, 0) is 26.2 Å². The summed E-state index contributed by atoms with van der Waals surface area (Å²) in [6.07, 6.45) is 0. The maximum Gasteiger partial charge on any atom is 4.00 e. The zero-order valence-electron chi connectivity index (χ0n) is 11.0. The van der Waals surface area contributed by atoms with E-state index in [0.717, 1.165) is 0 Å². The van der Waals surface area contributed by atoms with Crippen molar-refractivity contribution < 1.29 is 51.0 Å². The fraction of sp³-hybridized carbons (Fsp3) is 0.125. The number of fused-ring (bicyclic) bond motifs is 1. The van der Waals surface area contributed by atoms with Crippen LogP contribution in [0.4, 0.5) is 0 Å². The topological polar surface area (TPSA) is 0 Å². The minimum absolute atomic E-state index is 0. The number of benzene rings is 1. The Labute approximate surface area is 146 Å². The van der Waals surface area contributed by atoms with E-state index in [1.165, 1.54) is 21.9 Å². The van der Waals surface area contributed by atoms with Crippen LogP contribution < -0.4 is 24.8 Å². The predicted molar refractivity (Wildman–Crippen MR) is 71.1 cm³/mol. The molecule has 19 heavy (non-hydrogen) atoms. The van der Waals surface area contributed by atoms with E-state index in [2.05, 4.69) is 62.4 Å². The first-order valence-electron chi connectivity index (χ1n) is 5.56. The summed E-state index contributed by atoms with van der Waals surface area (Å²) in [6, 6.07) is 21.1. The molecule has 0 aliphatic rings. The summed E-state index contributed by atoms with van der Waals surface area (Å²) >= 11 is 0. The van der Waals surface area contributed by atoms with Gasteiger partial charge in [-0.3, -0.25) is 0 Å². The third-order valence-electron chi connectivity index (χ3n) is 2.59. The summed E-state index contributed by atoms with van der Waals surface area (Å²) in [7, 11) is 0. The van der Waals surface area contributed by atoms with Gasteiger partial charge in [0.25, 0.3) is 0 Å². The molecule has 0 fully saturated rings. The van der Waals surface area contributed by atoms with E-state index >= 15 is 0 Å².